The first-order valence-corrected chi connectivity index (χ1v) is 9.69. The third-order valence-electron chi connectivity index (χ3n) is 5.46. The Morgan fingerprint density at radius 1 is 1.15 bits per heavy atom. The molecule has 1 unspecified atom stereocenters. The van der Waals surface area contributed by atoms with Crippen LogP contribution in [0, 0.1) is 5.92 Å². The van der Waals surface area contributed by atoms with E-state index in [2.05, 4.69) is 39.6 Å². The van der Waals surface area contributed by atoms with Gasteiger partial charge < -0.3 is 15.5 Å². The van der Waals surface area contributed by atoms with E-state index in [4.69, 9.17) is 0 Å². The number of piperidine rings is 1. The van der Waals surface area contributed by atoms with Gasteiger partial charge >= 0.3 is 0 Å². The summed E-state index contributed by atoms with van der Waals surface area (Å²) in [6, 6.07) is 8.11. The lowest BCUT2D eigenvalue weighted by atomic mass is 9.96. The average Bonchev–Trinajstić information content (AvgIpc) is 2.65. The van der Waals surface area contributed by atoms with Crippen molar-refractivity contribution in [1.82, 2.24) is 20.4 Å². The van der Waals surface area contributed by atoms with E-state index in [1.807, 2.05) is 12.1 Å². The largest absolute Gasteiger partial charge is 0.352 e. The summed E-state index contributed by atoms with van der Waals surface area (Å²) in [5, 5.41) is 6.50. The van der Waals surface area contributed by atoms with E-state index in [0.717, 1.165) is 64.3 Å². The lowest BCUT2D eigenvalue weighted by Gasteiger charge is -2.32. The van der Waals surface area contributed by atoms with Gasteiger partial charge in [-0.25, -0.2) is 0 Å². The van der Waals surface area contributed by atoms with Crippen LogP contribution in [-0.2, 0) is 6.54 Å². The first-order chi connectivity index (χ1) is 12.2. The van der Waals surface area contributed by atoms with Gasteiger partial charge in [0.15, 0.2) is 0 Å². The predicted molar refractivity (Wildman–Crippen MR) is 116 cm³/mol. The summed E-state index contributed by atoms with van der Waals surface area (Å²) in [5.41, 5.74) is 2.05. The first-order valence-electron chi connectivity index (χ1n) is 9.69. The van der Waals surface area contributed by atoms with Gasteiger partial charge in [-0.1, -0.05) is 12.1 Å². The maximum Gasteiger partial charge on any atom is 0.251 e. The molecule has 2 N–H and O–H groups in total. The number of nitrogens with one attached hydrogen (secondary N) is 2. The molecule has 3 rings (SSSR count). The number of piperazine rings is 1. The van der Waals surface area contributed by atoms with Gasteiger partial charge in [-0.3, -0.25) is 9.69 Å². The molecule has 2 aliphatic heterocycles. The van der Waals surface area contributed by atoms with Crippen LogP contribution in [0.3, 0.4) is 0 Å². The summed E-state index contributed by atoms with van der Waals surface area (Å²) in [5.74, 6) is 0.759. The molecule has 154 valence electrons. The van der Waals surface area contributed by atoms with Crippen molar-refractivity contribution in [2.45, 2.75) is 25.8 Å². The number of carbonyl (C=O) groups excluding carboxylic acids is 1. The summed E-state index contributed by atoms with van der Waals surface area (Å²) >= 11 is 0. The lowest BCUT2D eigenvalue weighted by molar-refractivity contribution is 0.0950. The zero-order valence-electron chi connectivity index (χ0n) is 16.3. The second-order valence-corrected chi connectivity index (χ2v) is 7.53. The molecule has 7 heteroatoms. The Morgan fingerprint density at radius 2 is 1.85 bits per heavy atom. The highest BCUT2D eigenvalue weighted by molar-refractivity contribution is 5.94. The molecule has 0 radical (unpaired) electrons. The maximum absolute atomic E-state index is 12.3. The number of likely N-dealkylation sites (N-methyl/N-ethyl adjacent to an activating group) is 1. The summed E-state index contributed by atoms with van der Waals surface area (Å²) in [6.45, 7) is 8.50. The fourth-order valence-electron chi connectivity index (χ4n) is 3.69. The SMILES string of the molecule is CN1CCN(Cc2ccc(C(=O)NCCC3CCCNC3)cc2)CC1.Cl.Cl. The molecule has 0 saturated carbocycles. The van der Waals surface area contributed by atoms with Crippen molar-refractivity contribution in [1.29, 1.82) is 0 Å². The van der Waals surface area contributed by atoms with Gasteiger partial charge in [0.05, 0.1) is 0 Å². The number of rotatable bonds is 6. The Labute approximate surface area is 176 Å². The van der Waals surface area contributed by atoms with E-state index in [1.54, 1.807) is 0 Å². The molecule has 0 spiro atoms. The van der Waals surface area contributed by atoms with Crippen molar-refractivity contribution in [2.75, 3.05) is 52.9 Å². The molecule has 2 aliphatic rings. The standard InChI is InChI=1S/C20H32N4O.2ClH/c1-23-11-13-24(14-12-23)16-18-4-6-19(7-5-18)20(25)22-10-8-17-3-2-9-21-15-17;;/h4-7,17,21H,2-3,8-16H2,1H3,(H,22,25);2*1H. The minimum Gasteiger partial charge on any atom is -0.352 e. The van der Waals surface area contributed by atoms with Crippen molar-refractivity contribution in [3.63, 3.8) is 0 Å². The predicted octanol–water partition coefficient (Wildman–Crippen LogP) is 2.40. The molecule has 1 atom stereocenters. The molecule has 2 fully saturated rings. The molecule has 0 aliphatic carbocycles. The van der Waals surface area contributed by atoms with Crippen LogP contribution in [-0.4, -0.2) is 68.6 Å². The maximum atomic E-state index is 12.3. The molecule has 2 heterocycles. The minimum atomic E-state index is 0. The summed E-state index contributed by atoms with van der Waals surface area (Å²) in [4.78, 5) is 17.1. The molecular weight excluding hydrogens is 383 g/mol. The van der Waals surface area contributed by atoms with Gasteiger partial charge in [-0.2, -0.15) is 0 Å². The van der Waals surface area contributed by atoms with E-state index < -0.39 is 0 Å². The molecule has 2 saturated heterocycles. The van der Waals surface area contributed by atoms with Gasteiger partial charge in [-0.15, -0.1) is 24.8 Å². The number of hydrogen-bond acceptors (Lipinski definition) is 4. The topological polar surface area (TPSA) is 47.6 Å². The molecule has 0 bridgehead atoms. The third-order valence-corrected chi connectivity index (χ3v) is 5.46. The van der Waals surface area contributed by atoms with Crippen molar-refractivity contribution in [3.05, 3.63) is 35.4 Å². The van der Waals surface area contributed by atoms with Gasteiger partial charge in [0, 0.05) is 44.8 Å². The summed E-state index contributed by atoms with van der Waals surface area (Å²) in [7, 11) is 2.18. The summed E-state index contributed by atoms with van der Waals surface area (Å²) < 4.78 is 0. The Hall–Kier alpha value is -0.850. The van der Waals surface area contributed by atoms with E-state index in [-0.39, 0.29) is 30.7 Å². The van der Waals surface area contributed by atoms with Crippen LogP contribution in [0.4, 0.5) is 0 Å². The molecule has 1 aromatic carbocycles. The Bertz CT molecular complexity index is 541. The van der Waals surface area contributed by atoms with E-state index in [0.29, 0.717) is 5.92 Å². The zero-order chi connectivity index (χ0) is 17.5. The molecule has 27 heavy (non-hydrogen) atoms. The molecule has 0 aromatic heterocycles. The number of carbonyl (C=O) groups is 1. The van der Waals surface area contributed by atoms with Crippen LogP contribution in [0.15, 0.2) is 24.3 Å². The van der Waals surface area contributed by atoms with Gasteiger partial charge in [0.2, 0.25) is 0 Å². The zero-order valence-corrected chi connectivity index (χ0v) is 17.9. The average molecular weight is 417 g/mol. The molecule has 5 nitrogen and oxygen atoms in total. The third kappa shape index (κ3) is 7.96. The van der Waals surface area contributed by atoms with Crippen LogP contribution in [0.2, 0.25) is 0 Å². The van der Waals surface area contributed by atoms with E-state index >= 15 is 0 Å². The van der Waals surface area contributed by atoms with Crippen molar-refractivity contribution < 1.29 is 4.79 Å². The highest BCUT2D eigenvalue weighted by Gasteiger charge is 2.15. The fourth-order valence-corrected chi connectivity index (χ4v) is 3.69. The monoisotopic (exact) mass is 416 g/mol. The van der Waals surface area contributed by atoms with Crippen molar-refractivity contribution >= 4 is 30.7 Å². The van der Waals surface area contributed by atoms with Crippen LogP contribution < -0.4 is 10.6 Å². The number of hydrogen-bond donors (Lipinski definition) is 2. The van der Waals surface area contributed by atoms with E-state index in [1.165, 1.54) is 18.4 Å². The molecular formula is C20H34Cl2N4O. The van der Waals surface area contributed by atoms with Gasteiger partial charge in [0.1, 0.15) is 0 Å². The smallest absolute Gasteiger partial charge is 0.251 e. The van der Waals surface area contributed by atoms with Crippen molar-refractivity contribution in [2.24, 2.45) is 5.92 Å². The van der Waals surface area contributed by atoms with Gasteiger partial charge in [-0.05, 0) is 63.0 Å². The Morgan fingerprint density at radius 3 is 2.48 bits per heavy atom. The van der Waals surface area contributed by atoms with Crippen LogP contribution in [0.5, 0.6) is 0 Å². The van der Waals surface area contributed by atoms with Gasteiger partial charge in [0.25, 0.3) is 5.91 Å². The Balaban J connectivity index is 0.00000182. The van der Waals surface area contributed by atoms with E-state index in [9.17, 15) is 4.79 Å². The van der Waals surface area contributed by atoms with Crippen LogP contribution in [0.1, 0.15) is 35.2 Å². The van der Waals surface area contributed by atoms with Crippen LogP contribution >= 0.6 is 24.8 Å². The fraction of sp³-hybridized carbons (Fsp3) is 0.650. The molecule has 1 aromatic rings. The normalized spacial score (nSPS) is 21.0. The number of halogens is 2. The van der Waals surface area contributed by atoms with Crippen molar-refractivity contribution in [3.8, 4) is 0 Å². The summed E-state index contributed by atoms with van der Waals surface area (Å²) in [6.07, 6.45) is 3.61. The number of benzene rings is 1. The number of amides is 1. The lowest BCUT2D eigenvalue weighted by Crippen LogP contribution is -2.43. The second-order valence-electron chi connectivity index (χ2n) is 7.53. The second kappa shape index (κ2) is 12.6. The number of nitrogens with zero attached hydrogens (tertiary/aromatic N) is 2. The quantitative estimate of drug-likeness (QED) is 0.747. The molecule has 1 amide bonds. The highest BCUT2D eigenvalue weighted by atomic mass is 35.5. The highest BCUT2D eigenvalue weighted by Crippen LogP contribution is 2.13. The Kier molecular flexibility index (Phi) is 11.3. The minimum absolute atomic E-state index is 0. The first kappa shape index (κ1) is 24.2. The van der Waals surface area contributed by atoms with Crippen LogP contribution in [0.25, 0.3) is 0 Å².